The monoisotopic (exact) mass is 236 g/mol. The van der Waals surface area contributed by atoms with Crippen molar-refractivity contribution in [3.8, 4) is 0 Å². The van der Waals surface area contributed by atoms with Gasteiger partial charge in [-0.1, -0.05) is 42.0 Å². The quantitative estimate of drug-likeness (QED) is 0.810. The maximum absolute atomic E-state index is 6.05. The SMILES string of the molecule is S=c1ccnc(Cc2ccccc2Cl)[nH]1. The van der Waals surface area contributed by atoms with Gasteiger partial charge in [-0.05, 0) is 17.7 Å². The van der Waals surface area contributed by atoms with Crippen LogP contribution in [-0.2, 0) is 6.42 Å². The molecule has 0 bridgehead atoms. The average molecular weight is 237 g/mol. The molecule has 1 aromatic heterocycles. The third kappa shape index (κ3) is 2.64. The highest BCUT2D eigenvalue weighted by molar-refractivity contribution is 7.71. The van der Waals surface area contributed by atoms with E-state index in [1.165, 1.54) is 0 Å². The Hall–Kier alpha value is -1.19. The van der Waals surface area contributed by atoms with Gasteiger partial charge in [-0.15, -0.1) is 0 Å². The van der Waals surface area contributed by atoms with E-state index in [-0.39, 0.29) is 0 Å². The molecular formula is C11H9ClN2S. The molecule has 15 heavy (non-hydrogen) atoms. The summed E-state index contributed by atoms with van der Waals surface area (Å²) in [5.41, 5.74) is 1.04. The number of benzene rings is 1. The number of aromatic amines is 1. The van der Waals surface area contributed by atoms with Gasteiger partial charge in [0.15, 0.2) is 0 Å². The van der Waals surface area contributed by atoms with Crippen LogP contribution < -0.4 is 0 Å². The zero-order valence-corrected chi connectivity index (χ0v) is 9.48. The molecule has 0 spiro atoms. The van der Waals surface area contributed by atoms with E-state index >= 15 is 0 Å². The molecule has 1 N–H and O–H groups in total. The number of hydrogen-bond acceptors (Lipinski definition) is 2. The minimum Gasteiger partial charge on any atom is -0.335 e. The van der Waals surface area contributed by atoms with Crippen LogP contribution >= 0.6 is 23.8 Å². The number of H-pyrrole nitrogens is 1. The Labute approximate surface area is 98.0 Å². The van der Waals surface area contributed by atoms with Crippen LogP contribution in [0.1, 0.15) is 11.4 Å². The third-order valence-corrected chi connectivity index (χ3v) is 2.65. The number of nitrogens with zero attached hydrogens (tertiary/aromatic N) is 1. The fraction of sp³-hybridized carbons (Fsp3) is 0.0909. The summed E-state index contributed by atoms with van der Waals surface area (Å²) < 4.78 is 0.687. The van der Waals surface area contributed by atoms with Gasteiger partial charge in [-0.25, -0.2) is 4.98 Å². The van der Waals surface area contributed by atoms with E-state index in [0.717, 1.165) is 16.4 Å². The zero-order valence-electron chi connectivity index (χ0n) is 7.90. The van der Waals surface area contributed by atoms with Crippen molar-refractivity contribution in [2.75, 3.05) is 0 Å². The molecule has 2 aromatic rings. The van der Waals surface area contributed by atoms with Gasteiger partial charge < -0.3 is 4.98 Å². The van der Waals surface area contributed by atoms with Crippen molar-refractivity contribution < 1.29 is 0 Å². The first-order chi connectivity index (χ1) is 7.25. The number of rotatable bonds is 2. The smallest absolute Gasteiger partial charge is 0.111 e. The molecule has 0 fully saturated rings. The van der Waals surface area contributed by atoms with Crippen LogP contribution in [0.5, 0.6) is 0 Å². The summed E-state index contributed by atoms with van der Waals surface area (Å²) in [6, 6.07) is 9.47. The molecule has 76 valence electrons. The highest BCUT2D eigenvalue weighted by Crippen LogP contribution is 2.16. The van der Waals surface area contributed by atoms with Crippen LogP contribution in [0, 0.1) is 4.64 Å². The van der Waals surface area contributed by atoms with Crippen molar-refractivity contribution in [3.05, 3.63) is 57.6 Å². The molecule has 4 heteroatoms. The third-order valence-electron chi connectivity index (χ3n) is 2.04. The first kappa shape index (κ1) is 10.3. The summed E-state index contributed by atoms with van der Waals surface area (Å²) in [4.78, 5) is 7.22. The summed E-state index contributed by atoms with van der Waals surface area (Å²) >= 11 is 11.1. The van der Waals surface area contributed by atoms with E-state index in [0.29, 0.717) is 11.1 Å². The van der Waals surface area contributed by atoms with Crippen LogP contribution in [0.25, 0.3) is 0 Å². The second-order valence-corrected chi connectivity index (χ2v) is 4.00. The van der Waals surface area contributed by atoms with E-state index in [4.69, 9.17) is 23.8 Å². The van der Waals surface area contributed by atoms with Crippen molar-refractivity contribution in [2.24, 2.45) is 0 Å². The second-order valence-electron chi connectivity index (χ2n) is 3.15. The number of halogens is 1. The molecule has 0 radical (unpaired) electrons. The molecule has 0 aliphatic heterocycles. The maximum Gasteiger partial charge on any atom is 0.111 e. The van der Waals surface area contributed by atoms with Gasteiger partial charge in [-0.3, -0.25) is 0 Å². The number of hydrogen-bond donors (Lipinski definition) is 1. The summed E-state index contributed by atoms with van der Waals surface area (Å²) in [6.07, 6.45) is 2.37. The number of nitrogens with one attached hydrogen (secondary N) is 1. The van der Waals surface area contributed by atoms with Gasteiger partial charge in [0.2, 0.25) is 0 Å². The van der Waals surface area contributed by atoms with E-state index in [1.807, 2.05) is 24.3 Å². The summed E-state index contributed by atoms with van der Waals surface area (Å²) in [5, 5.41) is 0.752. The van der Waals surface area contributed by atoms with Crippen molar-refractivity contribution >= 4 is 23.8 Å². The van der Waals surface area contributed by atoms with E-state index in [9.17, 15) is 0 Å². The van der Waals surface area contributed by atoms with Crippen LogP contribution in [-0.4, -0.2) is 9.97 Å². The van der Waals surface area contributed by atoms with Gasteiger partial charge in [0, 0.05) is 17.6 Å². The molecule has 0 amide bonds. The topological polar surface area (TPSA) is 28.7 Å². The standard InChI is InChI=1S/C11H9ClN2S/c12-9-4-2-1-3-8(9)7-10-13-6-5-11(15)14-10/h1-6H,7H2,(H,13,14,15). The van der Waals surface area contributed by atoms with Crippen molar-refractivity contribution in [1.29, 1.82) is 0 Å². The predicted octanol–water partition coefficient (Wildman–Crippen LogP) is 3.38. The highest BCUT2D eigenvalue weighted by atomic mass is 35.5. The normalized spacial score (nSPS) is 10.2. The Bertz CT molecular complexity index is 522. The Morgan fingerprint density at radius 3 is 2.80 bits per heavy atom. The van der Waals surface area contributed by atoms with Gasteiger partial charge >= 0.3 is 0 Å². The lowest BCUT2D eigenvalue weighted by molar-refractivity contribution is 0.960. The first-order valence-corrected chi connectivity index (χ1v) is 5.32. The van der Waals surface area contributed by atoms with Crippen molar-refractivity contribution in [1.82, 2.24) is 9.97 Å². The molecule has 0 saturated carbocycles. The lowest BCUT2D eigenvalue weighted by Gasteiger charge is -2.02. The minimum absolute atomic E-state index is 0.671. The van der Waals surface area contributed by atoms with Crippen molar-refractivity contribution in [3.63, 3.8) is 0 Å². The van der Waals surface area contributed by atoms with Crippen LogP contribution in [0.3, 0.4) is 0 Å². The fourth-order valence-corrected chi connectivity index (χ4v) is 1.70. The molecule has 0 saturated heterocycles. The van der Waals surface area contributed by atoms with Crippen LogP contribution in [0.15, 0.2) is 36.5 Å². The Morgan fingerprint density at radius 1 is 1.27 bits per heavy atom. The Balaban J connectivity index is 2.30. The number of aromatic nitrogens is 2. The van der Waals surface area contributed by atoms with E-state index in [2.05, 4.69) is 9.97 Å². The maximum atomic E-state index is 6.05. The first-order valence-electron chi connectivity index (χ1n) is 4.53. The van der Waals surface area contributed by atoms with E-state index in [1.54, 1.807) is 12.3 Å². The lowest BCUT2D eigenvalue weighted by Crippen LogP contribution is -1.96. The van der Waals surface area contributed by atoms with Gasteiger partial charge in [-0.2, -0.15) is 0 Å². The van der Waals surface area contributed by atoms with E-state index < -0.39 is 0 Å². The van der Waals surface area contributed by atoms with Crippen LogP contribution in [0.4, 0.5) is 0 Å². The second kappa shape index (κ2) is 4.55. The zero-order chi connectivity index (χ0) is 10.7. The molecule has 2 nitrogen and oxygen atoms in total. The predicted molar refractivity (Wildman–Crippen MR) is 63.7 cm³/mol. The molecule has 0 unspecified atom stereocenters. The summed E-state index contributed by atoms with van der Waals surface area (Å²) in [7, 11) is 0. The minimum atomic E-state index is 0.671. The largest absolute Gasteiger partial charge is 0.335 e. The molecule has 1 aromatic carbocycles. The van der Waals surface area contributed by atoms with Gasteiger partial charge in [0.25, 0.3) is 0 Å². The summed E-state index contributed by atoms with van der Waals surface area (Å²) in [5.74, 6) is 0.829. The Morgan fingerprint density at radius 2 is 2.07 bits per heavy atom. The summed E-state index contributed by atoms with van der Waals surface area (Å²) in [6.45, 7) is 0. The molecule has 2 rings (SSSR count). The molecular weight excluding hydrogens is 228 g/mol. The van der Waals surface area contributed by atoms with Gasteiger partial charge in [0.1, 0.15) is 10.5 Å². The molecule has 0 aliphatic rings. The molecule has 0 atom stereocenters. The fourth-order valence-electron chi connectivity index (χ4n) is 1.32. The molecule has 0 aliphatic carbocycles. The van der Waals surface area contributed by atoms with Crippen LogP contribution in [0.2, 0.25) is 5.02 Å². The van der Waals surface area contributed by atoms with Crippen molar-refractivity contribution in [2.45, 2.75) is 6.42 Å². The Kier molecular flexibility index (Phi) is 3.14. The highest BCUT2D eigenvalue weighted by Gasteiger charge is 2.01. The molecule has 1 heterocycles. The van der Waals surface area contributed by atoms with Gasteiger partial charge in [0.05, 0.1) is 0 Å². The lowest BCUT2D eigenvalue weighted by atomic mass is 10.1. The average Bonchev–Trinajstić information content (AvgIpc) is 2.22.